The van der Waals surface area contributed by atoms with Gasteiger partial charge >= 0.3 is 0 Å². The summed E-state index contributed by atoms with van der Waals surface area (Å²) in [6, 6.07) is 6.88. The minimum Gasteiger partial charge on any atom is -0.365 e. The molecule has 0 aromatic heterocycles. The number of rotatable bonds is 3. The fraction of sp³-hybridized carbons (Fsp3) is 0.500. The zero-order valence-electron chi connectivity index (χ0n) is 9.04. The summed E-state index contributed by atoms with van der Waals surface area (Å²) in [5.74, 6) is -0.167. The van der Waals surface area contributed by atoms with Crippen LogP contribution in [0.15, 0.2) is 24.3 Å². The van der Waals surface area contributed by atoms with Gasteiger partial charge in [-0.1, -0.05) is 12.1 Å². The van der Waals surface area contributed by atoms with Crippen LogP contribution in [-0.2, 0) is 0 Å². The van der Waals surface area contributed by atoms with E-state index in [1.54, 1.807) is 6.07 Å². The molecule has 0 spiro atoms. The lowest BCUT2D eigenvalue weighted by atomic mass is 9.75. The standard InChI is InChI=1S/C12H17FN2/c1-15(12(9-14)7-4-8-12)11-6-3-2-5-10(11)13/h2-3,5-6H,4,7-9,14H2,1H3. The van der Waals surface area contributed by atoms with E-state index in [0.717, 1.165) is 12.8 Å². The van der Waals surface area contributed by atoms with E-state index < -0.39 is 0 Å². The molecule has 1 aromatic rings. The van der Waals surface area contributed by atoms with Gasteiger partial charge in [0, 0.05) is 13.6 Å². The largest absolute Gasteiger partial charge is 0.365 e. The normalized spacial score (nSPS) is 18.3. The summed E-state index contributed by atoms with van der Waals surface area (Å²) in [5, 5.41) is 0. The van der Waals surface area contributed by atoms with Gasteiger partial charge in [0.05, 0.1) is 11.2 Å². The van der Waals surface area contributed by atoms with Crippen molar-refractivity contribution < 1.29 is 4.39 Å². The predicted octanol–water partition coefficient (Wildman–Crippen LogP) is 2.14. The molecule has 0 unspecified atom stereocenters. The van der Waals surface area contributed by atoms with Gasteiger partial charge in [-0.2, -0.15) is 0 Å². The molecule has 0 bridgehead atoms. The number of para-hydroxylation sites is 1. The van der Waals surface area contributed by atoms with Crippen LogP contribution < -0.4 is 10.6 Å². The molecule has 0 saturated heterocycles. The Morgan fingerprint density at radius 1 is 1.40 bits per heavy atom. The van der Waals surface area contributed by atoms with Gasteiger partial charge in [-0.15, -0.1) is 0 Å². The van der Waals surface area contributed by atoms with E-state index in [4.69, 9.17) is 5.73 Å². The van der Waals surface area contributed by atoms with Crippen LogP contribution in [0.5, 0.6) is 0 Å². The number of nitrogens with two attached hydrogens (primary N) is 1. The Morgan fingerprint density at radius 2 is 2.07 bits per heavy atom. The third-order valence-corrected chi connectivity index (χ3v) is 3.59. The van der Waals surface area contributed by atoms with Crippen LogP contribution in [0.4, 0.5) is 10.1 Å². The Bertz CT molecular complexity index is 342. The number of halogens is 1. The van der Waals surface area contributed by atoms with Crippen LogP contribution in [0, 0.1) is 5.82 Å². The first-order chi connectivity index (χ1) is 7.19. The van der Waals surface area contributed by atoms with Crippen molar-refractivity contribution in [2.24, 2.45) is 5.73 Å². The van der Waals surface area contributed by atoms with E-state index in [-0.39, 0.29) is 11.4 Å². The molecule has 3 heteroatoms. The number of nitrogens with zero attached hydrogens (tertiary/aromatic N) is 1. The summed E-state index contributed by atoms with van der Waals surface area (Å²) in [5.41, 5.74) is 6.44. The molecule has 0 radical (unpaired) electrons. The highest BCUT2D eigenvalue weighted by molar-refractivity contribution is 5.50. The molecule has 82 valence electrons. The van der Waals surface area contributed by atoms with E-state index in [9.17, 15) is 4.39 Å². The van der Waals surface area contributed by atoms with Crippen molar-refractivity contribution in [1.82, 2.24) is 0 Å². The Hall–Kier alpha value is -1.09. The zero-order chi connectivity index (χ0) is 10.9. The third-order valence-electron chi connectivity index (χ3n) is 3.59. The molecule has 0 aliphatic heterocycles. The van der Waals surface area contributed by atoms with Crippen LogP contribution in [0.1, 0.15) is 19.3 Å². The highest BCUT2D eigenvalue weighted by Crippen LogP contribution is 2.39. The molecule has 0 atom stereocenters. The molecule has 2 rings (SSSR count). The van der Waals surface area contributed by atoms with Crippen LogP contribution >= 0.6 is 0 Å². The van der Waals surface area contributed by atoms with Gasteiger partial charge in [-0.3, -0.25) is 0 Å². The average molecular weight is 208 g/mol. The van der Waals surface area contributed by atoms with Crippen molar-refractivity contribution in [1.29, 1.82) is 0 Å². The summed E-state index contributed by atoms with van der Waals surface area (Å²) >= 11 is 0. The van der Waals surface area contributed by atoms with Crippen LogP contribution in [0.3, 0.4) is 0 Å². The smallest absolute Gasteiger partial charge is 0.146 e. The number of hydrogen-bond acceptors (Lipinski definition) is 2. The van der Waals surface area contributed by atoms with Gasteiger partial charge in [0.25, 0.3) is 0 Å². The minimum absolute atomic E-state index is 0.0117. The molecular weight excluding hydrogens is 191 g/mol. The molecular formula is C12H17FN2. The highest BCUT2D eigenvalue weighted by atomic mass is 19.1. The molecule has 1 fully saturated rings. The summed E-state index contributed by atoms with van der Waals surface area (Å²) in [6.07, 6.45) is 3.32. The molecule has 1 aliphatic rings. The monoisotopic (exact) mass is 208 g/mol. The van der Waals surface area contributed by atoms with Crippen LogP contribution in [-0.4, -0.2) is 19.1 Å². The summed E-state index contributed by atoms with van der Waals surface area (Å²) < 4.78 is 13.6. The van der Waals surface area contributed by atoms with Crippen molar-refractivity contribution in [3.63, 3.8) is 0 Å². The number of anilines is 1. The van der Waals surface area contributed by atoms with E-state index in [1.165, 1.54) is 12.5 Å². The van der Waals surface area contributed by atoms with Gasteiger partial charge in [0.2, 0.25) is 0 Å². The molecule has 1 saturated carbocycles. The van der Waals surface area contributed by atoms with Crippen molar-refractivity contribution >= 4 is 5.69 Å². The van der Waals surface area contributed by atoms with E-state index in [2.05, 4.69) is 0 Å². The van der Waals surface area contributed by atoms with Crippen molar-refractivity contribution in [2.45, 2.75) is 24.8 Å². The SMILES string of the molecule is CN(c1ccccc1F)C1(CN)CCC1. The van der Waals surface area contributed by atoms with Gasteiger partial charge in [0.1, 0.15) is 5.82 Å². The van der Waals surface area contributed by atoms with E-state index in [1.807, 2.05) is 24.1 Å². The lowest BCUT2D eigenvalue weighted by Gasteiger charge is -2.49. The molecule has 2 N–H and O–H groups in total. The lowest BCUT2D eigenvalue weighted by molar-refractivity contribution is 0.245. The van der Waals surface area contributed by atoms with Gasteiger partial charge in [-0.05, 0) is 31.4 Å². The lowest BCUT2D eigenvalue weighted by Crippen LogP contribution is -2.57. The molecule has 1 aromatic carbocycles. The first kappa shape index (κ1) is 10.4. The number of likely N-dealkylation sites (N-methyl/N-ethyl adjacent to an activating group) is 1. The summed E-state index contributed by atoms with van der Waals surface area (Å²) in [4.78, 5) is 2.01. The molecule has 15 heavy (non-hydrogen) atoms. The third kappa shape index (κ3) is 1.61. The summed E-state index contributed by atoms with van der Waals surface area (Å²) in [6.45, 7) is 0.595. The average Bonchev–Trinajstić information content (AvgIpc) is 2.17. The topological polar surface area (TPSA) is 29.3 Å². The fourth-order valence-electron chi connectivity index (χ4n) is 2.24. The zero-order valence-corrected chi connectivity index (χ0v) is 9.04. The predicted molar refractivity (Wildman–Crippen MR) is 60.4 cm³/mol. The summed E-state index contributed by atoms with van der Waals surface area (Å²) in [7, 11) is 1.93. The highest BCUT2D eigenvalue weighted by Gasteiger charge is 2.40. The van der Waals surface area contributed by atoms with Crippen molar-refractivity contribution in [3.05, 3.63) is 30.1 Å². The first-order valence-electron chi connectivity index (χ1n) is 5.38. The van der Waals surface area contributed by atoms with E-state index >= 15 is 0 Å². The maximum Gasteiger partial charge on any atom is 0.146 e. The Kier molecular flexibility index (Phi) is 2.65. The first-order valence-corrected chi connectivity index (χ1v) is 5.38. The molecule has 0 amide bonds. The molecule has 2 nitrogen and oxygen atoms in total. The van der Waals surface area contributed by atoms with Crippen LogP contribution in [0.2, 0.25) is 0 Å². The quantitative estimate of drug-likeness (QED) is 0.824. The Balaban J connectivity index is 2.27. The minimum atomic E-state index is -0.167. The Labute approximate surface area is 89.9 Å². The van der Waals surface area contributed by atoms with Gasteiger partial charge < -0.3 is 10.6 Å². The second-order valence-corrected chi connectivity index (χ2v) is 4.29. The second kappa shape index (κ2) is 3.81. The van der Waals surface area contributed by atoms with E-state index in [0.29, 0.717) is 12.2 Å². The van der Waals surface area contributed by atoms with Crippen molar-refractivity contribution in [2.75, 3.05) is 18.5 Å². The van der Waals surface area contributed by atoms with Crippen molar-refractivity contribution in [3.8, 4) is 0 Å². The number of benzene rings is 1. The number of hydrogen-bond donors (Lipinski definition) is 1. The maximum atomic E-state index is 13.6. The second-order valence-electron chi connectivity index (χ2n) is 4.29. The Morgan fingerprint density at radius 3 is 2.53 bits per heavy atom. The molecule has 1 aliphatic carbocycles. The van der Waals surface area contributed by atoms with Crippen LogP contribution in [0.25, 0.3) is 0 Å². The fourth-order valence-corrected chi connectivity index (χ4v) is 2.24. The van der Waals surface area contributed by atoms with Gasteiger partial charge in [0.15, 0.2) is 0 Å². The van der Waals surface area contributed by atoms with Gasteiger partial charge in [-0.25, -0.2) is 4.39 Å². The maximum absolute atomic E-state index is 13.6. The molecule has 0 heterocycles.